The fraction of sp³-hybridized carbons (Fsp3) is 0.400. The quantitative estimate of drug-likeness (QED) is 0.551. The summed E-state index contributed by atoms with van der Waals surface area (Å²) in [5.74, 6) is 0.557. The van der Waals surface area contributed by atoms with E-state index >= 15 is 0 Å². The van der Waals surface area contributed by atoms with E-state index in [1.807, 2.05) is 12.1 Å². The van der Waals surface area contributed by atoms with Crippen molar-refractivity contribution in [3.8, 4) is 0 Å². The minimum absolute atomic E-state index is 0.0183. The van der Waals surface area contributed by atoms with Crippen LogP contribution >= 0.6 is 0 Å². The third-order valence-electron chi connectivity index (χ3n) is 6.87. The summed E-state index contributed by atoms with van der Waals surface area (Å²) in [6.07, 6.45) is 6.01. The standard InChI is InChI=1S/C25H29FN4O2S/c1-29-16-25(27-17-29)33(31,32)28-14-19-6-7-20-13-21(15-30-8-3-9-30)24(23(20)12-19)11-18-4-2-5-22(26)10-18/h2,4-7,10,12,16-17,21,24,28H,3,8-9,11,13-15H2,1H3. The lowest BCUT2D eigenvalue weighted by atomic mass is 9.85. The van der Waals surface area contributed by atoms with Crippen molar-refractivity contribution in [3.05, 3.63) is 83.1 Å². The molecule has 1 N–H and O–H groups in total. The molecular weight excluding hydrogens is 439 g/mol. The van der Waals surface area contributed by atoms with Crippen LogP contribution in [0.5, 0.6) is 0 Å². The molecule has 5 rings (SSSR count). The maximum Gasteiger partial charge on any atom is 0.259 e. The Kier molecular flexibility index (Phi) is 6.07. The molecule has 2 aromatic carbocycles. The molecule has 2 heterocycles. The third-order valence-corrected chi connectivity index (χ3v) is 8.16. The van der Waals surface area contributed by atoms with Crippen LogP contribution in [0, 0.1) is 11.7 Å². The highest BCUT2D eigenvalue weighted by Crippen LogP contribution is 2.41. The molecule has 0 radical (unpaired) electrons. The second-order valence-corrected chi connectivity index (χ2v) is 11.0. The second kappa shape index (κ2) is 9.00. The average molecular weight is 469 g/mol. The maximum absolute atomic E-state index is 13.8. The van der Waals surface area contributed by atoms with Crippen LogP contribution in [0.4, 0.5) is 4.39 Å². The van der Waals surface area contributed by atoms with E-state index in [0.29, 0.717) is 5.92 Å². The number of nitrogens with one attached hydrogen (secondary N) is 1. The molecule has 1 aliphatic carbocycles. The van der Waals surface area contributed by atoms with Crippen molar-refractivity contribution in [3.63, 3.8) is 0 Å². The van der Waals surface area contributed by atoms with E-state index in [1.165, 1.54) is 36.1 Å². The lowest BCUT2D eigenvalue weighted by Gasteiger charge is -2.35. The predicted molar refractivity (Wildman–Crippen MR) is 125 cm³/mol. The van der Waals surface area contributed by atoms with Gasteiger partial charge in [-0.2, -0.15) is 0 Å². The Morgan fingerprint density at radius 1 is 1.15 bits per heavy atom. The number of aromatic nitrogens is 2. The van der Waals surface area contributed by atoms with Crippen LogP contribution in [-0.4, -0.2) is 42.5 Å². The van der Waals surface area contributed by atoms with Crippen LogP contribution in [0.25, 0.3) is 0 Å². The summed E-state index contributed by atoms with van der Waals surface area (Å²) in [6, 6.07) is 13.1. The van der Waals surface area contributed by atoms with E-state index in [1.54, 1.807) is 23.7 Å². The molecule has 0 bridgehead atoms. The molecule has 1 aliphatic heterocycles. The zero-order valence-electron chi connectivity index (χ0n) is 18.7. The van der Waals surface area contributed by atoms with E-state index in [9.17, 15) is 12.8 Å². The van der Waals surface area contributed by atoms with Gasteiger partial charge < -0.3 is 9.47 Å². The van der Waals surface area contributed by atoms with Gasteiger partial charge in [-0.15, -0.1) is 0 Å². The maximum atomic E-state index is 13.8. The number of hydrogen-bond acceptors (Lipinski definition) is 4. The summed E-state index contributed by atoms with van der Waals surface area (Å²) in [5, 5.41) is 0.0183. The lowest BCUT2D eigenvalue weighted by Crippen LogP contribution is -2.41. The van der Waals surface area contributed by atoms with E-state index in [0.717, 1.165) is 43.6 Å². The first-order chi connectivity index (χ1) is 15.9. The van der Waals surface area contributed by atoms with Gasteiger partial charge in [0.2, 0.25) is 0 Å². The highest BCUT2D eigenvalue weighted by molar-refractivity contribution is 7.89. The fourth-order valence-electron chi connectivity index (χ4n) is 5.03. The Labute approximate surface area is 194 Å². The van der Waals surface area contributed by atoms with Crippen LogP contribution in [0.3, 0.4) is 0 Å². The predicted octanol–water partition coefficient (Wildman–Crippen LogP) is 3.24. The van der Waals surface area contributed by atoms with Crippen molar-refractivity contribution in [1.29, 1.82) is 0 Å². The average Bonchev–Trinajstić information content (AvgIpc) is 3.34. The van der Waals surface area contributed by atoms with Gasteiger partial charge in [-0.25, -0.2) is 22.5 Å². The van der Waals surface area contributed by atoms with E-state index in [4.69, 9.17) is 0 Å². The number of benzene rings is 2. The summed E-state index contributed by atoms with van der Waals surface area (Å²) in [5.41, 5.74) is 4.50. The number of halogens is 1. The lowest BCUT2D eigenvalue weighted by molar-refractivity contribution is 0.145. The molecule has 1 fully saturated rings. The Morgan fingerprint density at radius 2 is 2.00 bits per heavy atom. The molecule has 0 spiro atoms. The molecule has 0 saturated carbocycles. The normalized spacial score (nSPS) is 20.5. The molecule has 2 unspecified atom stereocenters. The highest BCUT2D eigenvalue weighted by Gasteiger charge is 2.34. The first kappa shape index (κ1) is 22.3. The first-order valence-corrected chi connectivity index (χ1v) is 12.9. The Hall–Kier alpha value is -2.55. The monoisotopic (exact) mass is 468 g/mol. The minimum atomic E-state index is -3.67. The molecule has 1 saturated heterocycles. The molecule has 174 valence electrons. The fourth-order valence-corrected chi connectivity index (χ4v) is 6.02. The van der Waals surface area contributed by atoms with Crippen molar-refractivity contribution in [2.24, 2.45) is 13.0 Å². The van der Waals surface area contributed by atoms with Crippen molar-refractivity contribution < 1.29 is 12.8 Å². The molecule has 6 nitrogen and oxygen atoms in total. The van der Waals surface area contributed by atoms with Crippen molar-refractivity contribution in [2.75, 3.05) is 19.6 Å². The molecule has 3 aromatic rings. The molecule has 0 amide bonds. The summed E-state index contributed by atoms with van der Waals surface area (Å²) in [7, 11) is -1.93. The zero-order chi connectivity index (χ0) is 23.0. The van der Waals surface area contributed by atoms with Crippen LogP contribution in [-0.2, 0) is 36.5 Å². The molecule has 1 aromatic heterocycles. The number of hydrogen-bond donors (Lipinski definition) is 1. The Morgan fingerprint density at radius 3 is 2.70 bits per heavy atom. The molecule has 2 atom stereocenters. The number of imidazole rings is 1. The molecular formula is C25H29FN4O2S. The summed E-state index contributed by atoms with van der Waals surface area (Å²) in [4.78, 5) is 6.45. The van der Waals surface area contributed by atoms with Crippen LogP contribution in [0.1, 0.15) is 34.6 Å². The highest BCUT2D eigenvalue weighted by atomic mass is 32.2. The van der Waals surface area contributed by atoms with Crippen LogP contribution < -0.4 is 4.72 Å². The Bertz CT molecular complexity index is 1250. The van der Waals surface area contributed by atoms with Gasteiger partial charge in [0.05, 0.1) is 6.33 Å². The van der Waals surface area contributed by atoms with E-state index in [-0.39, 0.29) is 23.3 Å². The smallest absolute Gasteiger partial charge is 0.259 e. The molecule has 8 heteroatoms. The second-order valence-electron chi connectivity index (χ2n) is 9.29. The van der Waals surface area contributed by atoms with Crippen molar-refractivity contribution >= 4 is 10.0 Å². The van der Waals surface area contributed by atoms with E-state index < -0.39 is 10.0 Å². The van der Waals surface area contributed by atoms with Gasteiger partial charge in [0, 0.05) is 26.3 Å². The third kappa shape index (κ3) is 4.88. The number of sulfonamides is 1. The number of rotatable bonds is 8. The Balaban J connectivity index is 1.37. The number of aryl methyl sites for hydroxylation is 1. The summed E-state index contributed by atoms with van der Waals surface area (Å²) >= 11 is 0. The SMILES string of the molecule is Cn1cnc(S(=O)(=O)NCc2ccc3c(c2)C(Cc2cccc(F)c2)C(CN2CCC2)C3)c1. The number of likely N-dealkylation sites (tertiary alicyclic amines) is 1. The van der Waals surface area contributed by atoms with Gasteiger partial charge in [0.15, 0.2) is 5.03 Å². The summed E-state index contributed by atoms with van der Waals surface area (Å²) in [6.45, 7) is 3.56. The topological polar surface area (TPSA) is 67.2 Å². The largest absolute Gasteiger partial charge is 0.339 e. The van der Waals surface area contributed by atoms with Gasteiger partial charge in [-0.3, -0.25) is 0 Å². The molecule has 2 aliphatic rings. The van der Waals surface area contributed by atoms with Gasteiger partial charge >= 0.3 is 0 Å². The van der Waals surface area contributed by atoms with Gasteiger partial charge in [0.25, 0.3) is 10.0 Å². The van der Waals surface area contributed by atoms with Crippen molar-refractivity contribution in [2.45, 2.75) is 36.8 Å². The van der Waals surface area contributed by atoms with Crippen LogP contribution in [0.15, 0.2) is 60.0 Å². The van der Waals surface area contributed by atoms with Gasteiger partial charge in [-0.1, -0.05) is 30.3 Å². The first-order valence-electron chi connectivity index (χ1n) is 11.4. The van der Waals surface area contributed by atoms with E-state index in [2.05, 4.69) is 26.7 Å². The molecule has 33 heavy (non-hydrogen) atoms. The van der Waals surface area contributed by atoms with Gasteiger partial charge in [0.1, 0.15) is 5.82 Å². The summed E-state index contributed by atoms with van der Waals surface area (Å²) < 4.78 is 43.3. The number of fused-ring (bicyclic) bond motifs is 1. The zero-order valence-corrected chi connectivity index (χ0v) is 19.6. The van der Waals surface area contributed by atoms with Crippen molar-refractivity contribution in [1.82, 2.24) is 19.2 Å². The minimum Gasteiger partial charge on any atom is -0.339 e. The van der Waals surface area contributed by atoms with Gasteiger partial charge in [-0.05, 0) is 78.6 Å². The van der Waals surface area contributed by atoms with Crippen LogP contribution in [0.2, 0.25) is 0 Å². The number of nitrogens with zero attached hydrogens (tertiary/aromatic N) is 3.